The fraction of sp³-hybridized carbons (Fsp3) is 0.0545. The van der Waals surface area contributed by atoms with Gasteiger partial charge in [0.05, 0.1) is 71.9 Å². The van der Waals surface area contributed by atoms with E-state index in [1.165, 1.54) is 21.5 Å². The average molecular weight is 1580 g/mol. The van der Waals surface area contributed by atoms with Crippen molar-refractivity contribution in [2.24, 2.45) is 0 Å². The molecule has 24 rings (SSSR count). The summed E-state index contributed by atoms with van der Waals surface area (Å²) in [4.78, 5) is 9.37. The topological polar surface area (TPSA) is 102 Å². The Morgan fingerprint density at radius 3 is 0.697 bits per heavy atom. The van der Waals surface area contributed by atoms with E-state index < -0.39 is 0 Å². The predicted octanol–water partition coefficient (Wildman–Crippen LogP) is 30.4. The van der Waals surface area contributed by atoms with Crippen molar-refractivity contribution in [1.29, 1.82) is 0 Å². The number of hydrogen-bond acceptors (Lipinski definition) is 12. The number of para-hydroxylation sites is 10. The van der Waals surface area contributed by atoms with Crippen LogP contribution in [-0.4, -0.2) is 39.6 Å². The lowest BCUT2D eigenvalue weighted by molar-refractivity contribution is 0.0273. The molecule has 20 aromatic carbocycles. The van der Waals surface area contributed by atoms with Crippen molar-refractivity contribution in [2.45, 2.75) is 0 Å². The number of ether oxygens (including phenoxy) is 4. The molecule has 0 radical (unpaired) electrons. The first kappa shape index (κ1) is 70.6. The predicted molar refractivity (Wildman–Crippen MR) is 501 cm³/mol. The molecule has 0 bridgehead atoms. The highest BCUT2D eigenvalue weighted by Gasteiger charge is 2.30. The fourth-order valence-corrected chi connectivity index (χ4v) is 18.9. The molecule has 0 fully saturated rings. The summed E-state index contributed by atoms with van der Waals surface area (Å²) in [5.41, 5.74) is 18.5. The van der Waals surface area contributed by atoms with E-state index in [0.29, 0.717) is 39.6 Å². The van der Waals surface area contributed by atoms with E-state index in [2.05, 4.69) is 323 Å². The van der Waals surface area contributed by atoms with Crippen LogP contribution < -0.4 is 29.1 Å². The van der Waals surface area contributed by atoms with Crippen molar-refractivity contribution in [3.8, 4) is 11.5 Å². The zero-order chi connectivity index (χ0) is 80.3. The van der Waals surface area contributed by atoms with Crippen LogP contribution in [0.4, 0.5) is 68.2 Å². The first-order valence-corrected chi connectivity index (χ1v) is 41.5. The van der Waals surface area contributed by atoms with Gasteiger partial charge in [0.15, 0.2) is 22.3 Å². The maximum absolute atomic E-state index is 6.85. The number of furan rings is 4. The van der Waals surface area contributed by atoms with E-state index in [1.54, 1.807) is 0 Å². The van der Waals surface area contributed by atoms with Crippen LogP contribution in [0.1, 0.15) is 0 Å². The van der Waals surface area contributed by atoms with Crippen molar-refractivity contribution in [3.63, 3.8) is 0 Å². The van der Waals surface area contributed by atoms with Crippen LogP contribution in [-0.2, 0) is 9.47 Å². The minimum atomic E-state index is 0.354. The lowest BCUT2D eigenvalue weighted by atomic mass is 9.91. The van der Waals surface area contributed by atoms with E-state index in [9.17, 15) is 0 Å². The molecule has 12 heteroatoms. The van der Waals surface area contributed by atoms with Crippen LogP contribution in [0.5, 0.6) is 11.5 Å². The highest BCUT2D eigenvalue weighted by atomic mass is 16.6. The third kappa shape index (κ3) is 11.7. The summed E-state index contributed by atoms with van der Waals surface area (Å²) in [6.07, 6.45) is 0. The second kappa shape index (κ2) is 29.2. The highest BCUT2D eigenvalue weighted by molar-refractivity contribution is 6.31. The summed E-state index contributed by atoms with van der Waals surface area (Å²) in [6.45, 7) is 2.26. The summed E-state index contributed by atoms with van der Waals surface area (Å²) >= 11 is 0. The molecule has 0 saturated carbocycles. The molecule has 0 aliphatic rings. The van der Waals surface area contributed by atoms with E-state index >= 15 is 0 Å². The number of hydrogen-bond donors (Lipinski definition) is 0. The van der Waals surface area contributed by atoms with Gasteiger partial charge >= 0.3 is 0 Å². The van der Waals surface area contributed by atoms with E-state index in [4.69, 9.17) is 36.6 Å². The second-order valence-corrected chi connectivity index (χ2v) is 31.1. The van der Waals surface area contributed by atoms with Crippen LogP contribution in [0.3, 0.4) is 0 Å². The van der Waals surface area contributed by atoms with Crippen molar-refractivity contribution >= 4 is 221 Å². The van der Waals surface area contributed by atoms with Crippen LogP contribution in [0.2, 0.25) is 0 Å². The molecule has 0 unspecified atom stereocenters. The third-order valence-corrected chi connectivity index (χ3v) is 24.3. The van der Waals surface area contributed by atoms with Gasteiger partial charge in [-0.1, -0.05) is 231 Å². The molecule has 122 heavy (non-hydrogen) atoms. The molecule has 0 saturated heterocycles. The molecule has 582 valence electrons. The lowest BCUT2D eigenvalue weighted by Gasteiger charge is -2.29. The molecule has 4 aromatic heterocycles. The Bertz CT molecular complexity index is 7660. The Kier molecular flexibility index (Phi) is 16.9. The smallest absolute Gasteiger partial charge is 0.159 e. The first-order valence-electron chi connectivity index (χ1n) is 41.5. The SMILES string of the molecule is c1ccc(N(c2ccc3ccc4c(N(c5ccc(OCCOCCOCCOc6ccc(N(c7ccc8ccc9c(N(c%10ccccc%10)c%10cccc%11c%10oc%10ccccc%10%11)ccc%10ccc7c8c%109)c7cccc8c7oc7ccccc78)cc6)cc5)c5cccc6c5oc5ccccc56)ccc5ccc2c3c54)c2cccc3c2oc2ccccc23)cc1. The standard InChI is InChI=1S/C110H74N4O8/c1-3-19-73(20-4-1)111(95-31-15-27-83-79-23-7-11-35-99(79)119-107(83)95)91-59-43-69-41-57-89-93(61-45-71-39-55-87(91)103(69)105(71)89)113(97-33-17-29-85-81-25-9-13-37-101(81)121-109(85)97)75-47-51-77(52-48-75)117-67-65-115-63-64-116-66-68-118-78-53-49-76(50-54-78)114(98-34-18-30-86-82-26-10-14-38-102(82)122-110(86)98)94-62-46-72-40-56-88-92(60-44-70-42-58-90(94)106(72)104(70)88)112(74-21-5-2-6-22-74)96-32-16-28-84-80-24-8-12-36-100(80)120-108(84)96/h1-62H,63-68H2. The zero-order valence-corrected chi connectivity index (χ0v) is 66.1. The Morgan fingerprint density at radius 1 is 0.172 bits per heavy atom. The number of fused-ring (bicyclic) bond motifs is 12. The molecule has 0 N–H and O–H groups in total. The van der Waals surface area contributed by atoms with Crippen LogP contribution >= 0.6 is 0 Å². The summed E-state index contributed by atoms with van der Waals surface area (Å²) in [5, 5.41) is 22.3. The monoisotopic (exact) mass is 1580 g/mol. The van der Waals surface area contributed by atoms with E-state index in [1.807, 2.05) is 72.8 Å². The quantitative estimate of drug-likeness (QED) is 0.0450. The molecular weight excluding hydrogens is 1510 g/mol. The molecule has 12 nitrogen and oxygen atoms in total. The van der Waals surface area contributed by atoms with Crippen LogP contribution in [0, 0.1) is 0 Å². The summed E-state index contributed by atoms with van der Waals surface area (Å²) in [7, 11) is 0. The van der Waals surface area contributed by atoms with Gasteiger partial charge in [0, 0.05) is 87.4 Å². The van der Waals surface area contributed by atoms with Gasteiger partial charge in [0.25, 0.3) is 0 Å². The first-order chi connectivity index (χ1) is 60.5. The highest BCUT2D eigenvalue weighted by Crippen LogP contribution is 2.54. The molecule has 0 aliphatic heterocycles. The second-order valence-electron chi connectivity index (χ2n) is 31.1. The van der Waals surface area contributed by atoms with Crippen LogP contribution in [0.15, 0.2) is 394 Å². The maximum atomic E-state index is 6.85. The molecule has 0 atom stereocenters. The molecule has 0 amide bonds. The minimum Gasteiger partial charge on any atom is -0.491 e. The van der Waals surface area contributed by atoms with E-state index in [0.717, 1.165) is 211 Å². The molecule has 0 spiro atoms. The van der Waals surface area contributed by atoms with E-state index in [-0.39, 0.29) is 0 Å². The Morgan fingerprint density at radius 2 is 0.410 bits per heavy atom. The van der Waals surface area contributed by atoms with Gasteiger partial charge in [-0.25, -0.2) is 0 Å². The maximum Gasteiger partial charge on any atom is 0.159 e. The largest absolute Gasteiger partial charge is 0.491 e. The van der Waals surface area contributed by atoms with Gasteiger partial charge in [-0.05, 0) is 189 Å². The normalized spacial score (nSPS) is 12.0. The van der Waals surface area contributed by atoms with Gasteiger partial charge in [0.2, 0.25) is 0 Å². The van der Waals surface area contributed by atoms with Crippen molar-refractivity contribution < 1.29 is 36.6 Å². The average Bonchev–Trinajstić information content (AvgIpc) is 1.10. The van der Waals surface area contributed by atoms with Crippen LogP contribution in [0.25, 0.3) is 152 Å². The summed E-state index contributed by atoms with van der Waals surface area (Å²) in [5.74, 6) is 1.45. The minimum absolute atomic E-state index is 0.354. The van der Waals surface area contributed by atoms with Crippen molar-refractivity contribution in [1.82, 2.24) is 0 Å². The van der Waals surface area contributed by atoms with Gasteiger partial charge in [-0.2, -0.15) is 0 Å². The Hall–Kier alpha value is -15.6. The lowest BCUT2D eigenvalue weighted by Crippen LogP contribution is -2.14. The van der Waals surface area contributed by atoms with Crippen molar-refractivity contribution in [3.05, 3.63) is 376 Å². The third-order valence-electron chi connectivity index (χ3n) is 24.3. The number of rotatable bonds is 23. The zero-order valence-electron chi connectivity index (χ0n) is 66.1. The van der Waals surface area contributed by atoms with Gasteiger partial charge in [0.1, 0.15) is 47.0 Å². The summed E-state index contributed by atoms with van der Waals surface area (Å²) in [6, 6.07) is 133. The van der Waals surface area contributed by atoms with Crippen molar-refractivity contribution in [2.75, 3.05) is 59.2 Å². The summed E-state index contributed by atoms with van der Waals surface area (Å²) < 4.78 is 52.2. The number of nitrogens with zero attached hydrogens (tertiary/aromatic N) is 4. The van der Waals surface area contributed by atoms with Gasteiger partial charge < -0.3 is 56.2 Å². The molecule has 24 aromatic rings. The molecule has 4 heterocycles. The van der Waals surface area contributed by atoms with Gasteiger partial charge in [-0.15, -0.1) is 0 Å². The Labute approximate surface area is 699 Å². The fourth-order valence-electron chi connectivity index (χ4n) is 18.9. The molecule has 0 aliphatic carbocycles. The van der Waals surface area contributed by atoms with Gasteiger partial charge in [-0.3, -0.25) is 0 Å². The molecular formula is C110H74N4O8. The number of anilines is 12. The Balaban J connectivity index is 0.472. The number of benzene rings is 20.